The molecule has 1 N–H and O–H groups in total. The highest BCUT2D eigenvalue weighted by atomic mass is 19.4. The highest BCUT2D eigenvalue weighted by molar-refractivity contribution is 5.95. The van der Waals surface area contributed by atoms with Crippen molar-refractivity contribution in [2.24, 2.45) is 5.92 Å². The summed E-state index contributed by atoms with van der Waals surface area (Å²) in [7, 11) is 5.31. The molecule has 0 radical (unpaired) electrons. The van der Waals surface area contributed by atoms with Crippen molar-refractivity contribution in [2.45, 2.75) is 18.5 Å². The Labute approximate surface area is 162 Å². The smallest absolute Gasteiger partial charge is 0.416 e. The molecule has 150 valence electrons. The first-order valence-electron chi connectivity index (χ1n) is 8.98. The molecule has 2 aromatic rings. The van der Waals surface area contributed by atoms with Crippen LogP contribution in [0.25, 0.3) is 0 Å². The Kier molecular flexibility index (Phi) is 5.65. The van der Waals surface area contributed by atoms with E-state index in [9.17, 15) is 18.0 Å². The summed E-state index contributed by atoms with van der Waals surface area (Å²) >= 11 is 0. The molecule has 0 fully saturated rings. The van der Waals surface area contributed by atoms with Crippen LogP contribution in [0, 0.1) is 5.92 Å². The fourth-order valence-electron chi connectivity index (χ4n) is 3.65. The number of carbonyl (C=O) groups excluding carboxylic acids is 1. The van der Waals surface area contributed by atoms with Gasteiger partial charge in [-0.1, -0.05) is 12.1 Å². The average molecular weight is 392 g/mol. The molecule has 1 heterocycles. The van der Waals surface area contributed by atoms with E-state index in [-0.39, 0.29) is 11.8 Å². The van der Waals surface area contributed by atoms with Crippen LogP contribution in [0.3, 0.4) is 0 Å². The molecule has 2 aromatic carbocycles. The number of methoxy groups -OCH3 is 1. The van der Waals surface area contributed by atoms with Crippen molar-refractivity contribution in [1.29, 1.82) is 0 Å². The molecule has 1 aliphatic heterocycles. The lowest BCUT2D eigenvalue weighted by molar-refractivity contribution is -0.137. The lowest BCUT2D eigenvalue weighted by Crippen LogP contribution is -2.35. The largest absolute Gasteiger partial charge is 0.497 e. The lowest BCUT2D eigenvalue weighted by atomic mass is 9.81. The van der Waals surface area contributed by atoms with Gasteiger partial charge in [0.15, 0.2) is 0 Å². The average Bonchev–Trinajstić information content (AvgIpc) is 2.77. The number of hydrogen-bond donors (Lipinski definition) is 1. The van der Waals surface area contributed by atoms with E-state index < -0.39 is 17.7 Å². The molecule has 0 saturated heterocycles. The molecule has 1 amide bonds. The van der Waals surface area contributed by atoms with Gasteiger partial charge in [-0.2, -0.15) is 13.2 Å². The minimum Gasteiger partial charge on any atom is -0.497 e. The topological polar surface area (TPSA) is 41.6 Å². The number of fused-ring (bicyclic) bond motifs is 1. The Bertz CT molecular complexity index is 848. The zero-order valence-electron chi connectivity index (χ0n) is 16.0. The van der Waals surface area contributed by atoms with Crippen LogP contribution in [0.1, 0.15) is 22.6 Å². The number of amides is 1. The molecular formula is C21H23F3N2O2. The summed E-state index contributed by atoms with van der Waals surface area (Å²) in [5.74, 6) is -0.151. The van der Waals surface area contributed by atoms with E-state index in [1.165, 1.54) is 6.07 Å². The van der Waals surface area contributed by atoms with Crippen LogP contribution in [0.15, 0.2) is 42.5 Å². The molecule has 7 heteroatoms. The Morgan fingerprint density at radius 3 is 2.39 bits per heavy atom. The number of ether oxygens (including phenoxy) is 1. The molecule has 0 bridgehead atoms. The number of alkyl halides is 3. The molecule has 0 aliphatic carbocycles. The van der Waals surface area contributed by atoms with Gasteiger partial charge in [-0.05, 0) is 62.0 Å². The SMILES string of the molecule is COc1ccc(C2Cc3cc(C(F)(F)F)ccc3NC(=O)C2CN(C)C)cc1. The fourth-order valence-corrected chi connectivity index (χ4v) is 3.65. The first-order valence-corrected chi connectivity index (χ1v) is 8.98. The van der Waals surface area contributed by atoms with E-state index in [0.717, 1.165) is 17.7 Å². The van der Waals surface area contributed by atoms with Gasteiger partial charge < -0.3 is 15.0 Å². The Morgan fingerprint density at radius 2 is 1.82 bits per heavy atom. The van der Waals surface area contributed by atoms with Gasteiger partial charge in [-0.25, -0.2) is 0 Å². The highest BCUT2D eigenvalue weighted by Gasteiger charge is 2.36. The van der Waals surface area contributed by atoms with E-state index in [4.69, 9.17) is 4.74 Å². The molecule has 4 nitrogen and oxygen atoms in total. The highest BCUT2D eigenvalue weighted by Crippen LogP contribution is 2.39. The predicted octanol–water partition coefficient (Wildman–Crippen LogP) is 4.17. The Balaban J connectivity index is 2.05. The molecule has 0 aromatic heterocycles. The summed E-state index contributed by atoms with van der Waals surface area (Å²) in [6.45, 7) is 0.489. The van der Waals surface area contributed by atoms with Crippen molar-refractivity contribution in [3.8, 4) is 5.75 Å². The standard InChI is InChI=1S/C21H23F3N2O2/c1-26(2)12-18-17(13-4-7-16(28-3)8-5-13)11-14-10-15(21(22,23)24)6-9-19(14)25-20(18)27/h4-10,17-18H,11-12H2,1-3H3,(H,25,27). The molecule has 0 spiro atoms. The van der Waals surface area contributed by atoms with Crippen LogP contribution < -0.4 is 10.1 Å². The van der Waals surface area contributed by atoms with Gasteiger partial charge in [0.2, 0.25) is 5.91 Å². The third-order valence-electron chi connectivity index (χ3n) is 5.06. The number of rotatable bonds is 4. The van der Waals surface area contributed by atoms with Crippen LogP contribution in [0.2, 0.25) is 0 Å². The van der Waals surface area contributed by atoms with E-state index in [2.05, 4.69) is 5.32 Å². The predicted molar refractivity (Wildman–Crippen MR) is 102 cm³/mol. The van der Waals surface area contributed by atoms with Crippen LogP contribution in [0.5, 0.6) is 5.75 Å². The van der Waals surface area contributed by atoms with Crippen LogP contribution in [-0.4, -0.2) is 38.6 Å². The zero-order valence-corrected chi connectivity index (χ0v) is 16.0. The number of nitrogens with one attached hydrogen (secondary N) is 1. The number of nitrogens with zero attached hydrogens (tertiary/aromatic N) is 1. The molecular weight excluding hydrogens is 369 g/mol. The maximum atomic E-state index is 13.2. The number of anilines is 1. The third-order valence-corrected chi connectivity index (χ3v) is 5.06. The summed E-state index contributed by atoms with van der Waals surface area (Å²) in [6.07, 6.45) is -4.09. The second-order valence-corrected chi connectivity index (χ2v) is 7.31. The van der Waals surface area contributed by atoms with Crippen molar-refractivity contribution in [3.63, 3.8) is 0 Å². The first-order chi connectivity index (χ1) is 13.2. The van der Waals surface area contributed by atoms with Gasteiger partial charge in [0.1, 0.15) is 5.75 Å². The van der Waals surface area contributed by atoms with Crippen molar-refractivity contribution < 1.29 is 22.7 Å². The summed E-state index contributed by atoms with van der Waals surface area (Å²) < 4.78 is 44.7. The second-order valence-electron chi connectivity index (χ2n) is 7.31. The van der Waals surface area contributed by atoms with Crippen molar-refractivity contribution in [3.05, 3.63) is 59.2 Å². The van der Waals surface area contributed by atoms with E-state index in [1.54, 1.807) is 19.2 Å². The van der Waals surface area contributed by atoms with Crippen LogP contribution >= 0.6 is 0 Å². The summed E-state index contributed by atoms with van der Waals surface area (Å²) in [5, 5.41) is 2.82. The first kappa shape index (κ1) is 20.2. The Morgan fingerprint density at radius 1 is 1.14 bits per heavy atom. The third kappa shape index (κ3) is 4.30. The second kappa shape index (κ2) is 7.83. The minimum absolute atomic E-state index is 0.187. The number of halogens is 3. The van der Waals surface area contributed by atoms with Gasteiger partial charge in [0, 0.05) is 18.2 Å². The summed E-state index contributed by atoms with van der Waals surface area (Å²) in [5.41, 5.74) is 1.12. The molecule has 28 heavy (non-hydrogen) atoms. The van der Waals surface area contributed by atoms with Crippen LogP contribution in [-0.2, 0) is 17.4 Å². The fraction of sp³-hybridized carbons (Fsp3) is 0.381. The number of benzene rings is 2. The van der Waals surface area contributed by atoms with Crippen LogP contribution in [0.4, 0.5) is 18.9 Å². The zero-order chi connectivity index (χ0) is 20.5. The van der Waals surface area contributed by atoms with Crippen molar-refractivity contribution >= 4 is 11.6 Å². The van der Waals surface area contributed by atoms with Crippen molar-refractivity contribution in [2.75, 3.05) is 33.1 Å². The van der Waals surface area contributed by atoms with Gasteiger partial charge >= 0.3 is 6.18 Å². The molecule has 2 unspecified atom stereocenters. The normalized spacial score (nSPS) is 19.8. The summed E-state index contributed by atoms with van der Waals surface area (Å²) in [4.78, 5) is 14.8. The number of carbonyl (C=O) groups is 1. The van der Waals surface area contributed by atoms with E-state index in [1.807, 2.05) is 31.1 Å². The number of hydrogen-bond acceptors (Lipinski definition) is 3. The molecule has 3 rings (SSSR count). The van der Waals surface area contributed by atoms with Gasteiger partial charge in [-0.15, -0.1) is 0 Å². The summed E-state index contributed by atoms with van der Waals surface area (Å²) in [6, 6.07) is 10.9. The molecule has 0 saturated carbocycles. The van der Waals surface area contributed by atoms with E-state index >= 15 is 0 Å². The monoisotopic (exact) mass is 392 g/mol. The lowest BCUT2D eigenvalue weighted by Gasteiger charge is -2.27. The van der Waals surface area contributed by atoms with Gasteiger partial charge in [0.05, 0.1) is 18.6 Å². The molecule has 1 aliphatic rings. The maximum absolute atomic E-state index is 13.2. The molecule has 2 atom stereocenters. The Hall–Kier alpha value is -2.54. The minimum atomic E-state index is -4.43. The van der Waals surface area contributed by atoms with Crippen molar-refractivity contribution in [1.82, 2.24) is 4.90 Å². The quantitative estimate of drug-likeness (QED) is 0.849. The van der Waals surface area contributed by atoms with Gasteiger partial charge in [-0.3, -0.25) is 4.79 Å². The maximum Gasteiger partial charge on any atom is 0.416 e. The van der Waals surface area contributed by atoms with Gasteiger partial charge in [0.25, 0.3) is 0 Å². The van der Waals surface area contributed by atoms with E-state index in [0.29, 0.717) is 30.0 Å².